The van der Waals surface area contributed by atoms with E-state index in [2.05, 4.69) is 10.1 Å². The van der Waals surface area contributed by atoms with E-state index in [-0.39, 0.29) is 12.4 Å². The second kappa shape index (κ2) is 7.37. The Kier molecular flexibility index (Phi) is 7.20. The van der Waals surface area contributed by atoms with E-state index in [0.717, 1.165) is 25.3 Å². The normalized spacial score (nSPS) is 9.42. The molecule has 0 spiro atoms. The third-order valence-corrected chi connectivity index (χ3v) is 1.75. The van der Waals surface area contributed by atoms with Gasteiger partial charge in [0.25, 0.3) is 0 Å². The van der Waals surface area contributed by atoms with Gasteiger partial charge >= 0.3 is 0 Å². The molecule has 0 aliphatic carbocycles. The van der Waals surface area contributed by atoms with Gasteiger partial charge in [0, 0.05) is 12.4 Å². The van der Waals surface area contributed by atoms with Gasteiger partial charge in [0.15, 0.2) is 0 Å². The summed E-state index contributed by atoms with van der Waals surface area (Å²) in [6.07, 6.45) is 6.69. The largest absolute Gasteiger partial charge is 0.253 e. The average Bonchev–Trinajstić information content (AvgIpc) is 2.50. The quantitative estimate of drug-likeness (QED) is 0.550. The molecule has 5 heteroatoms. The maximum absolute atomic E-state index is 5.53. The zero-order chi connectivity index (χ0) is 7.94. The van der Waals surface area contributed by atoms with Crippen LogP contribution in [0.5, 0.6) is 0 Å². The van der Waals surface area contributed by atoms with Crippen LogP contribution < -0.4 is 0 Å². The van der Waals surface area contributed by atoms with Crippen LogP contribution in [0.4, 0.5) is 0 Å². The van der Waals surface area contributed by atoms with Crippen LogP contribution in [0.2, 0.25) is 0 Å². The van der Waals surface area contributed by atoms with Crippen LogP contribution in [0, 0.1) is 0 Å². The van der Waals surface area contributed by atoms with Crippen LogP contribution in [0.3, 0.4) is 0 Å². The summed E-state index contributed by atoms with van der Waals surface area (Å²) in [6.45, 7) is 0.955. The molecule has 0 unspecified atom stereocenters. The van der Waals surface area contributed by atoms with Gasteiger partial charge in [0.1, 0.15) is 12.7 Å². The first-order chi connectivity index (χ1) is 5.43. The van der Waals surface area contributed by atoms with Crippen LogP contribution in [0.1, 0.15) is 19.3 Å². The number of unbranched alkanes of at least 4 members (excludes halogenated alkanes) is 2. The first-order valence-electron chi connectivity index (χ1n) is 3.82. The maximum atomic E-state index is 5.53. The van der Waals surface area contributed by atoms with E-state index < -0.39 is 0 Å². The molecule has 1 heterocycles. The molecule has 3 nitrogen and oxygen atoms in total. The van der Waals surface area contributed by atoms with Gasteiger partial charge in [-0.2, -0.15) is 5.10 Å². The summed E-state index contributed by atoms with van der Waals surface area (Å²) in [4.78, 5) is 3.85. The molecule has 0 aliphatic heterocycles. The lowest BCUT2D eigenvalue weighted by Gasteiger charge is -1.97. The third-order valence-electron chi connectivity index (χ3n) is 1.49. The van der Waals surface area contributed by atoms with Crippen molar-refractivity contribution in [3.05, 3.63) is 12.7 Å². The van der Waals surface area contributed by atoms with Crippen molar-refractivity contribution in [3.63, 3.8) is 0 Å². The fraction of sp³-hybridized carbons (Fsp3) is 0.714. The fourth-order valence-electron chi connectivity index (χ4n) is 0.893. The summed E-state index contributed by atoms with van der Waals surface area (Å²) in [5.74, 6) is 0.761. The first kappa shape index (κ1) is 11.7. The molecule has 0 amide bonds. The lowest BCUT2D eigenvalue weighted by molar-refractivity contribution is 0.553. The average molecular weight is 210 g/mol. The van der Waals surface area contributed by atoms with Crippen molar-refractivity contribution >= 4 is 24.0 Å². The minimum atomic E-state index is 0. The predicted molar refractivity (Wildman–Crippen MR) is 51.8 cm³/mol. The highest BCUT2D eigenvalue weighted by atomic mass is 35.5. The van der Waals surface area contributed by atoms with Crippen molar-refractivity contribution < 1.29 is 0 Å². The minimum absolute atomic E-state index is 0. The van der Waals surface area contributed by atoms with Crippen molar-refractivity contribution in [3.8, 4) is 0 Å². The van der Waals surface area contributed by atoms with Gasteiger partial charge in [-0.1, -0.05) is 6.42 Å². The predicted octanol–water partition coefficient (Wildman–Crippen LogP) is 2.11. The van der Waals surface area contributed by atoms with Crippen LogP contribution in [0.25, 0.3) is 0 Å². The zero-order valence-corrected chi connectivity index (χ0v) is 8.39. The molecule has 0 aromatic carbocycles. The summed E-state index contributed by atoms with van der Waals surface area (Å²) in [7, 11) is 0. The fourth-order valence-corrected chi connectivity index (χ4v) is 1.08. The number of alkyl halides is 1. The number of aromatic nitrogens is 3. The molecule has 1 aromatic rings. The molecule has 0 atom stereocenters. The maximum Gasteiger partial charge on any atom is 0.137 e. The molecule has 0 fully saturated rings. The second-order valence-corrected chi connectivity index (χ2v) is 2.79. The summed E-state index contributed by atoms with van der Waals surface area (Å²) >= 11 is 5.53. The molecule has 1 aromatic heterocycles. The molecule has 12 heavy (non-hydrogen) atoms. The van der Waals surface area contributed by atoms with E-state index in [0.29, 0.717) is 0 Å². The lowest BCUT2D eigenvalue weighted by atomic mass is 10.2. The molecule has 0 saturated carbocycles. The minimum Gasteiger partial charge on any atom is -0.253 e. The Bertz CT molecular complexity index is 177. The van der Waals surface area contributed by atoms with Gasteiger partial charge < -0.3 is 0 Å². The summed E-state index contributed by atoms with van der Waals surface area (Å²) < 4.78 is 1.84. The van der Waals surface area contributed by atoms with E-state index in [1.807, 2.05) is 4.68 Å². The number of rotatable bonds is 5. The van der Waals surface area contributed by atoms with Crippen LogP contribution >= 0.6 is 24.0 Å². The van der Waals surface area contributed by atoms with Gasteiger partial charge in [-0.3, -0.25) is 4.68 Å². The van der Waals surface area contributed by atoms with E-state index in [1.54, 1.807) is 12.7 Å². The van der Waals surface area contributed by atoms with Crippen molar-refractivity contribution in [2.45, 2.75) is 25.8 Å². The number of nitrogens with zero attached hydrogens (tertiary/aromatic N) is 3. The van der Waals surface area contributed by atoms with Crippen molar-refractivity contribution in [1.29, 1.82) is 0 Å². The van der Waals surface area contributed by atoms with Crippen LogP contribution in [0.15, 0.2) is 12.7 Å². The summed E-state index contributed by atoms with van der Waals surface area (Å²) in [5.41, 5.74) is 0. The lowest BCUT2D eigenvalue weighted by Crippen LogP contribution is -1.97. The molecular formula is C7H13Cl2N3. The van der Waals surface area contributed by atoms with E-state index in [9.17, 15) is 0 Å². The summed E-state index contributed by atoms with van der Waals surface area (Å²) in [5, 5.41) is 3.99. The van der Waals surface area contributed by atoms with Crippen molar-refractivity contribution in [1.82, 2.24) is 14.8 Å². The molecule has 0 bridgehead atoms. The van der Waals surface area contributed by atoms with E-state index in [4.69, 9.17) is 11.6 Å². The monoisotopic (exact) mass is 209 g/mol. The van der Waals surface area contributed by atoms with Crippen molar-refractivity contribution in [2.24, 2.45) is 0 Å². The molecule has 0 radical (unpaired) electrons. The molecule has 0 N–H and O–H groups in total. The molecule has 0 saturated heterocycles. The second-order valence-electron chi connectivity index (χ2n) is 2.41. The summed E-state index contributed by atoms with van der Waals surface area (Å²) in [6, 6.07) is 0. The van der Waals surface area contributed by atoms with E-state index in [1.165, 1.54) is 6.42 Å². The topological polar surface area (TPSA) is 30.7 Å². The molecule has 0 aliphatic rings. The van der Waals surface area contributed by atoms with Crippen LogP contribution in [-0.4, -0.2) is 20.6 Å². The Balaban J connectivity index is 0.00000121. The Morgan fingerprint density at radius 2 is 2.08 bits per heavy atom. The standard InChI is InChI=1S/C7H12ClN3.ClH/c8-4-2-1-3-5-11-7-9-6-10-11;/h6-7H,1-5H2;1H. The highest BCUT2D eigenvalue weighted by Gasteiger charge is 1.90. The molecular weight excluding hydrogens is 197 g/mol. The van der Waals surface area contributed by atoms with Gasteiger partial charge in [0.2, 0.25) is 0 Å². The first-order valence-corrected chi connectivity index (χ1v) is 4.35. The third kappa shape index (κ3) is 4.57. The number of halogens is 2. The van der Waals surface area contributed by atoms with Crippen LogP contribution in [-0.2, 0) is 6.54 Å². The Hall–Kier alpha value is -0.280. The van der Waals surface area contributed by atoms with Crippen molar-refractivity contribution in [2.75, 3.05) is 5.88 Å². The Morgan fingerprint density at radius 3 is 2.67 bits per heavy atom. The van der Waals surface area contributed by atoms with Gasteiger partial charge in [-0.15, -0.1) is 24.0 Å². The molecule has 70 valence electrons. The molecule has 1 rings (SSSR count). The number of hydrogen-bond acceptors (Lipinski definition) is 2. The Labute approximate surface area is 83.5 Å². The Morgan fingerprint density at radius 1 is 1.25 bits per heavy atom. The van der Waals surface area contributed by atoms with Gasteiger partial charge in [0.05, 0.1) is 0 Å². The van der Waals surface area contributed by atoms with Gasteiger partial charge in [-0.25, -0.2) is 4.98 Å². The van der Waals surface area contributed by atoms with Gasteiger partial charge in [-0.05, 0) is 12.8 Å². The number of hydrogen-bond donors (Lipinski definition) is 0. The van der Waals surface area contributed by atoms with E-state index >= 15 is 0 Å². The SMILES string of the molecule is Cl.ClCCCCCn1cncn1. The smallest absolute Gasteiger partial charge is 0.137 e. The number of aryl methyl sites for hydroxylation is 1. The zero-order valence-electron chi connectivity index (χ0n) is 6.82. The highest BCUT2D eigenvalue weighted by molar-refractivity contribution is 6.17. The highest BCUT2D eigenvalue weighted by Crippen LogP contribution is 1.98.